The fourth-order valence-electron chi connectivity index (χ4n) is 2.16. The molecule has 1 aliphatic heterocycles. The van der Waals surface area contributed by atoms with Gasteiger partial charge in [-0.1, -0.05) is 6.92 Å². The van der Waals surface area contributed by atoms with E-state index in [2.05, 4.69) is 11.8 Å². The fraction of sp³-hybridized carbons (Fsp3) is 0.462. The Morgan fingerprint density at radius 3 is 3.05 bits per heavy atom. The number of rotatable bonds is 3. The molecule has 1 aliphatic rings. The van der Waals surface area contributed by atoms with E-state index in [-0.39, 0.29) is 17.4 Å². The van der Waals surface area contributed by atoms with Gasteiger partial charge in [-0.25, -0.2) is 0 Å². The van der Waals surface area contributed by atoms with Gasteiger partial charge in [-0.05, 0) is 18.6 Å². The number of anilines is 1. The molecule has 2 rings (SSSR count). The molecule has 0 aromatic heterocycles. The first-order chi connectivity index (χ1) is 9.15. The maximum Gasteiger partial charge on any atom is 0.289 e. The molecule has 1 atom stereocenters. The number of nitrogens with zero attached hydrogens (tertiary/aromatic N) is 3. The zero-order valence-electron chi connectivity index (χ0n) is 10.7. The minimum absolute atomic E-state index is 0.0917. The third-order valence-electron chi connectivity index (χ3n) is 3.26. The van der Waals surface area contributed by atoms with Gasteiger partial charge >= 0.3 is 0 Å². The molecular formula is C13H15N3O3. The summed E-state index contributed by atoms with van der Waals surface area (Å²) >= 11 is 0. The number of nitro benzene ring substituents is 1. The third-order valence-corrected chi connectivity index (χ3v) is 3.26. The first-order valence-electron chi connectivity index (χ1n) is 6.20. The number of benzene rings is 1. The van der Waals surface area contributed by atoms with Crippen LogP contribution < -0.4 is 4.90 Å². The molecule has 0 bridgehead atoms. The summed E-state index contributed by atoms with van der Waals surface area (Å²) in [4.78, 5) is 12.5. The quantitative estimate of drug-likeness (QED) is 0.614. The second-order valence-corrected chi connectivity index (χ2v) is 4.42. The van der Waals surface area contributed by atoms with Crippen molar-refractivity contribution in [1.82, 2.24) is 0 Å². The Kier molecular flexibility index (Phi) is 3.97. The summed E-state index contributed by atoms with van der Waals surface area (Å²) in [6.07, 6.45) is 1.07. The maximum absolute atomic E-state index is 10.9. The van der Waals surface area contributed by atoms with E-state index in [0.29, 0.717) is 13.2 Å². The van der Waals surface area contributed by atoms with E-state index in [9.17, 15) is 10.1 Å². The molecule has 1 aromatic carbocycles. The zero-order valence-corrected chi connectivity index (χ0v) is 10.7. The first-order valence-corrected chi connectivity index (χ1v) is 6.20. The lowest BCUT2D eigenvalue weighted by molar-refractivity contribution is -0.385. The Labute approximate surface area is 111 Å². The summed E-state index contributed by atoms with van der Waals surface area (Å²) < 4.78 is 5.57. The lowest BCUT2D eigenvalue weighted by Crippen LogP contribution is -2.42. The van der Waals surface area contributed by atoms with Gasteiger partial charge in [-0.15, -0.1) is 0 Å². The van der Waals surface area contributed by atoms with Crippen molar-refractivity contribution in [3.63, 3.8) is 0 Å². The molecule has 1 saturated heterocycles. The van der Waals surface area contributed by atoms with Crippen LogP contribution in [0.3, 0.4) is 0 Å². The molecule has 1 aromatic rings. The molecule has 19 heavy (non-hydrogen) atoms. The number of ether oxygens (including phenoxy) is 1. The number of hydrogen-bond donors (Lipinski definition) is 0. The molecule has 0 aliphatic carbocycles. The molecule has 100 valence electrons. The largest absolute Gasteiger partial charge is 0.375 e. The van der Waals surface area contributed by atoms with Gasteiger partial charge in [0.2, 0.25) is 0 Å². The highest BCUT2D eigenvalue weighted by molar-refractivity contribution is 5.60. The summed E-state index contributed by atoms with van der Waals surface area (Å²) in [5.41, 5.74) is 0.723. The Morgan fingerprint density at radius 2 is 2.42 bits per heavy atom. The molecule has 6 heteroatoms. The summed E-state index contributed by atoms with van der Waals surface area (Å²) in [6.45, 7) is 4.10. The van der Waals surface area contributed by atoms with Crippen LogP contribution in [0.15, 0.2) is 18.2 Å². The maximum atomic E-state index is 10.9. The van der Waals surface area contributed by atoms with Gasteiger partial charge in [-0.2, -0.15) is 5.26 Å². The molecule has 1 heterocycles. The SMILES string of the molecule is CCC1CN(c2ccc(C#N)c([N+](=O)[O-])c2)CCO1. The second-order valence-electron chi connectivity index (χ2n) is 4.42. The average molecular weight is 261 g/mol. The summed E-state index contributed by atoms with van der Waals surface area (Å²) in [6, 6.07) is 6.57. The second kappa shape index (κ2) is 5.67. The van der Waals surface area contributed by atoms with Crippen molar-refractivity contribution in [2.45, 2.75) is 19.4 Å². The standard InChI is InChI=1S/C13H15N3O3/c1-2-12-9-15(5-6-19-12)11-4-3-10(8-14)13(7-11)16(17)18/h3-4,7,12H,2,5-6,9H2,1H3. The Balaban J connectivity index is 2.28. The van der Waals surface area contributed by atoms with E-state index in [0.717, 1.165) is 18.7 Å². The van der Waals surface area contributed by atoms with Crippen LogP contribution in [0, 0.1) is 21.4 Å². The highest BCUT2D eigenvalue weighted by Crippen LogP contribution is 2.26. The lowest BCUT2D eigenvalue weighted by Gasteiger charge is -2.34. The molecule has 1 fully saturated rings. The molecular weight excluding hydrogens is 246 g/mol. The molecule has 6 nitrogen and oxygen atoms in total. The van der Waals surface area contributed by atoms with Crippen LogP contribution in [0.2, 0.25) is 0 Å². The molecule has 1 unspecified atom stereocenters. The lowest BCUT2D eigenvalue weighted by atomic mass is 10.1. The minimum atomic E-state index is -0.514. The summed E-state index contributed by atoms with van der Waals surface area (Å²) in [5.74, 6) is 0. The smallest absolute Gasteiger partial charge is 0.289 e. The van der Waals surface area contributed by atoms with Gasteiger partial charge in [0, 0.05) is 24.8 Å². The fourth-order valence-corrected chi connectivity index (χ4v) is 2.16. The number of morpholine rings is 1. The Hall–Kier alpha value is -2.13. The highest BCUT2D eigenvalue weighted by atomic mass is 16.6. The van der Waals surface area contributed by atoms with E-state index < -0.39 is 4.92 Å². The molecule has 0 N–H and O–H groups in total. The zero-order chi connectivity index (χ0) is 13.8. The van der Waals surface area contributed by atoms with Crippen molar-refractivity contribution in [3.8, 4) is 6.07 Å². The van der Waals surface area contributed by atoms with Crippen LogP contribution >= 0.6 is 0 Å². The van der Waals surface area contributed by atoms with Crippen LogP contribution in [0.25, 0.3) is 0 Å². The van der Waals surface area contributed by atoms with Gasteiger partial charge in [0.1, 0.15) is 11.6 Å². The Bertz CT molecular complexity index is 524. The van der Waals surface area contributed by atoms with Crippen molar-refractivity contribution in [2.24, 2.45) is 0 Å². The predicted octanol–water partition coefficient (Wildman–Crippen LogP) is 2.08. The van der Waals surface area contributed by atoms with Crippen LogP contribution in [0.4, 0.5) is 11.4 Å². The van der Waals surface area contributed by atoms with E-state index in [4.69, 9.17) is 10.00 Å². The van der Waals surface area contributed by atoms with Gasteiger partial charge in [0.05, 0.1) is 17.6 Å². The monoisotopic (exact) mass is 261 g/mol. The van der Waals surface area contributed by atoms with E-state index in [1.165, 1.54) is 12.1 Å². The van der Waals surface area contributed by atoms with Gasteiger partial charge in [0.25, 0.3) is 5.69 Å². The topological polar surface area (TPSA) is 79.4 Å². The van der Waals surface area contributed by atoms with Crippen LogP contribution in [-0.2, 0) is 4.74 Å². The van der Waals surface area contributed by atoms with Crippen LogP contribution in [-0.4, -0.2) is 30.7 Å². The summed E-state index contributed by atoms with van der Waals surface area (Å²) in [5, 5.41) is 19.8. The van der Waals surface area contributed by atoms with Gasteiger partial charge in [0.15, 0.2) is 0 Å². The number of nitriles is 1. The highest BCUT2D eigenvalue weighted by Gasteiger charge is 2.22. The van der Waals surface area contributed by atoms with Crippen molar-refractivity contribution in [2.75, 3.05) is 24.6 Å². The molecule has 0 radical (unpaired) electrons. The molecule has 0 spiro atoms. The van der Waals surface area contributed by atoms with Gasteiger partial charge in [-0.3, -0.25) is 10.1 Å². The molecule has 0 amide bonds. The normalized spacial score (nSPS) is 18.9. The van der Waals surface area contributed by atoms with Crippen molar-refractivity contribution in [3.05, 3.63) is 33.9 Å². The molecule has 0 saturated carbocycles. The Morgan fingerprint density at radius 1 is 1.63 bits per heavy atom. The minimum Gasteiger partial charge on any atom is -0.375 e. The van der Waals surface area contributed by atoms with E-state index in [1.54, 1.807) is 6.07 Å². The predicted molar refractivity (Wildman–Crippen MR) is 70.1 cm³/mol. The van der Waals surface area contributed by atoms with Crippen LogP contribution in [0.5, 0.6) is 0 Å². The number of hydrogen-bond acceptors (Lipinski definition) is 5. The van der Waals surface area contributed by atoms with Crippen molar-refractivity contribution in [1.29, 1.82) is 5.26 Å². The first kappa shape index (κ1) is 13.3. The third kappa shape index (κ3) is 2.83. The van der Waals surface area contributed by atoms with Gasteiger partial charge < -0.3 is 9.64 Å². The van der Waals surface area contributed by atoms with Crippen molar-refractivity contribution < 1.29 is 9.66 Å². The summed E-state index contributed by atoms with van der Waals surface area (Å²) in [7, 11) is 0. The van der Waals surface area contributed by atoms with Crippen LogP contribution in [0.1, 0.15) is 18.9 Å². The van der Waals surface area contributed by atoms with Crippen molar-refractivity contribution >= 4 is 11.4 Å². The number of nitro groups is 1. The average Bonchev–Trinajstić information content (AvgIpc) is 2.46. The van der Waals surface area contributed by atoms with E-state index in [1.807, 2.05) is 6.07 Å². The van der Waals surface area contributed by atoms with E-state index >= 15 is 0 Å².